The standard InChI is InChI=1S/C21H15BrCl2N4O4S2/c1-25-16-8-11-6-7-28(20(29)13(11)10-14(16)22)17-3-2-12(9-15(17)23)26-21(30)27-34(31,32)19-5-4-18(24)33-19/h2-10,25H,1H3,(H2,26,27,30). The molecular weight excluding hydrogens is 587 g/mol. The lowest BCUT2D eigenvalue weighted by Crippen LogP contribution is -2.33. The van der Waals surface area contributed by atoms with E-state index in [4.69, 9.17) is 23.2 Å². The van der Waals surface area contributed by atoms with Crippen molar-refractivity contribution in [2.45, 2.75) is 4.21 Å². The van der Waals surface area contributed by atoms with Gasteiger partial charge in [0.15, 0.2) is 0 Å². The maximum absolute atomic E-state index is 13.1. The van der Waals surface area contributed by atoms with Crippen LogP contribution in [-0.2, 0) is 10.0 Å². The van der Waals surface area contributed by atoms with Crippen molar-refractivity contribution < 1.29 is 13.2 Å². The highest BCUT2D eigenvalue weighted by Gasteiger charge is 2.20. The number of thiophene rings is 1. The van der Waals surface area contributed by atoms with Gasteiger partial charge >= 0.3 is 6.03 Å². The summed E-state index contributed by atoms with van der Waals surface area (Å²) in [6.07, 6.45) is 1.61. The van der Waals surface area contributed by atoms with Gasteiger partial charge in [0.2, 0.25) is 0 Å². The number of nitrogens with one attached hydrogen (secondary N) is 3. The van der Waals surface area contributed by atoms with Gasteiger partial charge in [-0.15, -0.1) is 11.3 Å². The van der Waals surface area contributed by atoms with Crippen molar-refractivity contribution in [3.63, 3.8) is 0 Å². The number of halogens is 3. The zero-order valence-corrected chi connectivity index (χ0v) is 22.0. The zero-order valence-electron chi connectivity index (χ0n) is 17.2. The number of nitrogens with zero attached hydrogens (tertiary/aromatic N) is 1. The van der Waals surface area contributed by atoms with Gasteiger partial charge in [-0.3, -0.25) is 9.36 Å². The monoisotopic (exact) mass is 600 g/mol. The molecule has 0 aliphatic carbocycles. The number of benzene rings is 2. The van der Waals surface area contributed by atoms with Gasteiger partial charge < -0.3 is 10.6 Å². The van der Waals surface area contributed by atoms with Crippen molar-refractivity contribution in [1.82, 2.24) is 9.29 Å². The Morgan fingerprint density at radius 3 is 2.50 bits per heavy atom. The fraction of sp³-hybridized carbons (Fsp3) is 0.0476. The lowest BCUT2D eigenvalue weighted by molar-refractivity contribution is 0.256. The van der Waals surface area contributed by atoms with Gasteiger partial charge in [0.25, 0.3) is 15.6 Å². The van der Waals surface area contributed by atoms with E-state index in [1.165, 1.54) is 28.8 Å². The van der Waals surface area contributed by atoms with E-state index < -0.39 is 16.1 Å². The molecule has 2 heterocycles. The molecule has 0 saturated heterocycles. The Kier molecular flexibility index (Phi) is 6.92. The summed E-state index contributed by atoms with van der Waals surface area (Å²) >= 11 is 16.4. The maximum atomic E-state index is 13.1. The van der Waals surface area contributed by atoms with E-state index in [9.17, 15) is 18.0 Å². The Bertz CT molecular complexity index is 1600. The minimum atomic E-state index is -4.07. The molecule has 0 bridgehead atoms. The highest BCUT2D eigenvalue weighted by Crippen LogP contribution is 2.29. The molecule has 8 nitrogen and oxygen atoms in total. The predicted octanol–water partition coefficient (Wildman–Crippen LogP) is 5.67. The number of aromatic nitrogens is 1. The number of hydrogen-bond acceptors (Lipinski definition) is 6. The number of anilines is 2. The number of carbonyl (C=O) groups excluding carboxylic acids is 1. The van der Waals surface area contributed by atoms with Crippen molar-refractivity contribution in [1.29, 1.82) is 0 Å². The Hall–Kier alpha value is -2.57. The van der Waals surface area contributed by atoms with Crippen LogP contribution in [0.3, 0.4) is 0 Å². The van der Waals surface area contributed by atoms with Crippen molar-refractivity contribution in [2.75, 3.05) is 17.7 Å². The fourth-order valence-electron chi connectivity index (χ4n) is 3.20. The highest BCUT2D eigenvalue weighted by atomic mass is 79.9. The second kappa shape index (κ2) is 9.59. The van der Waals surface area contributed by atoms with Crippen LogP contribution in [0.5, 0.6) is 0 Å². The molecule has 0 unspecified atom stereocenters. The smallest absolute Gasteiger partial charge is 0.333 e. The van der Waals surface area contributed by atoms with Crippen LogP contribution in [0.15, 0.2) is 68.2 Å². The molecule has 4 aromatic rings. The number of sulfonamides is 1. The third-order valence-corrected chi connectivity index (χ3v) is 8.78. The molecular formula is C21H15BrCl2N4O4S2. The molecule has 0 atom stereocenters. The van der Waals surface area contributed by atoms with Crippen molar-refractivity contribution in [3.8, 4) is 5.69 Å². The van der Waals surface area contributed by atoms with E-state index in [1.807, 2.05) is 10.8 Å². The van der Waals surface area contributed by atoms with E-state index in [2.05, 4.69) is 26.6 Å². The Labute approximate surface area is 216 Å². The van der Waals surface area contributed by atoms with E-state index in [1.54, 1.807) is 31.4 Å². The molecule has 0 aliphatic heterocycles. The van der Waals surface area contributed by atoms with Crippen LogP contribution in [-0.4, -0.2) is 26.1 Å². The van der Waals surface area contributed by atoms with Crippen LogP contribution in [0.1, 0.15) is 0 Å². The van der Waals surface area contributed by atoms with E-state index in [-0.39, 0.29) is 24.8 Å². The largest absolute Gasteiger partial charge is 0.387 e. The molecule has 34 heavy (non-hydrogen) atoms. The number of rotatable bonds is 5. The Morgan fingerprint density at radius 1 is 1.09 bits per heavy atom. The molecule has 0 saturated carbocycles. The SMILES string of the molecule is CNc1cc2ccn(-c3ccc(NC(=O)NS(=O)(=O)c4ccc(Cl)s4)cc3Cl)c(=O)c2cc1Br. The normalized spacial score (nSPS) is 11.4. The van der Waals surface area contributed by atoms with Gasteiger partial charge in [-0.25, -0.2) is 17.9 Å². The number of fused-ring (bicyclic) bond motifs is 1. The average molecular weight is 602 g/mol. The molecule has 3 N–H and O–H groups in total. The Balaban J connectivity index is 1.59. The van der Waals surface area contributed by atoms with Gasteiger partial charge in [0, 0.05) is 34.5 Å². The van der Waals surface area contributed by atoms with Crippen LogP contribution < -0.4 is 20.9 Å². The second-order valence-electron chi connectivity index (χ2n) is 6.94. The second-order valence-corrected chi connectivity index (χ2v) is 11.8. The lowest BCUT2D eigenvalue weighted by Gasteiger charge is -2.13. The summed E-state index contributed by atoms with van der Waals surface area (Å²) in [5, 5.41) is 6.89. The summed E-state index contributed by atoms with van der Waals surface area (Å²) < 4.78 is 28.8. The molecule has 13 heteroatoms. The first-order valence-electron chi connectivity index (χ1n) is 9.51. The summed E-state index contributed by atoms with van der Waals surface area (Å²) in [6, 6.07) is 11.6. The number of urea groups is 1. The summed E-state index contributed by atoms with van der Waals surface area (Å²) in [6.45, 7) is 0. The van der Waals surface area contributed by atoms with E-state index in [0.717, 1.165) is 26.9 Å². The molecule has 176 valence electrons. The minimum absolute atomic E-state index is 0.0924. The van der Waals surface area contributed by atoms with Gasteiger partial charge in [0.05, 0.1) is 15.0 Å². The molecule has 2 amide bonds. The highest BCUT2D eigenvalue weighted by molar-refractivity contribution is 9.10. The maximum Gasteiger partial charge on any atom is 0.333 e. The topological polar surface area (TPSA) is 109 Å². The van der Waals surface area contributed by atoms with Crippen molar-refractivity contribution in [2.24, 2.45) is 0 Å². The summed E-state index contributed by atoms with van der Waals surface area (Å²) in [4.78, 5) is 25.3. The first-order valence-corrected chi connectivity index (χ1v) is 13.4. The first kappa shape index (κ1) is 24.6. The number of pyridine rings is 1. The predicted molar refractivity (Wildman–Crippen MR) is 140 cm³/mol. The molecule has 0 spiro atoms. The van der Waals surface area contributed by atoms with Crippen molar-refractivity contribution >= 4 is 88.7 Å². The number of carbonyl (C=O) groups is 1. The molecule has 0 fully saturated rings. The number of amides is 2. The van der Waals surface area contributed by atoms with Crippen molar-refractivity contribution in [3.05, 3.63) is 78.9 Å². The quantitative estimate of drug-likeness (QED) is 0.273. The first-order chi connectivity index (χ1) is 16.1. The van der Waals surface area contributed by atoms with Crippen LogP contribution >= 0.6 is 50.5 Å². The minimum Gasteiger partial charge on any atom is -0.387 e. The average Bonchev–Trinajstić information content (AvgIpc) is 3.22. The van der Waals surface area contributed by atoms with Gasteiger partial charge in [-0.05, 0) is 69.8 Å². The van der Waals surface area contributed by atoms with Crippen LogP contribution in [0, 0.1) is 0 Å². The lowest BCUT2D eigenvalue weighted by atomic mass is 10.1. The van der Waals surface area contributed by atoms with E-state index >= 15 is 0 Å². The van der Waals surface area contributed by atoms with Gasteiger partial charge in [0.1, 0.15) is 4.21 Å². The molecule has 2 aromatic heterocycles. The van der Waals surface area contributed by atoms with Crippen LogP contribution in [0.25, 0.3) is 16.5 Å². The summed E-state index contributed by atoms with van der Waals surface area (Å²) in [7, 11) is -2.28. The van der Waals surface area contributed by atoms with Gasteiger partial charge in [-0.2, -0.15) is 0 Å². The van der Waals surface area contributed by atoms with Crippen LogP contribution in [0.2, 0.25) is 9.36 Å². The molecule has 4 rings (SSSR count). The summed E-state index contributed by atoms with van der Waals surface area (Å²) in [5.41, 5.74) is 1.21. The van der Waals surface area contributed by atoms with Gasteiger partial charge in [-0.1, -0.05) is 23.2 Å². The van der Waals surface area contributed by atoms with E-state index in [0.29, 0.717) is 11.1 Å². The summed E-state index contributed by atoms with van der Waals surface area (Å²) in [5.74, 6) is 0. The fourth-order valence-corrected chi connectivity index (χ4v) is 6.40. The molecule has 2 aromatic carbocycles. The number of hydrogen-bond donors (Lipinski definition) is 3. The third kappa shape index (κ3) is 4.93. The zero-order chi connectivity index (χ0) is 24.6. The molecule has 0 radical (unpaired) electrons. The van der Waals surface area contributed by atoms with Crippen LogP contribution in [0.4, 0.5) is 16.2 Å². The third-order valence-electron chi connectivity index (χ3n) is 4.77. The molecule has 0 aliphatic rings. The Morgan fingerprint density at radius 2 is 1.85 bits per heavy atom.